The van der Waals surface area contributed by atoms with E-state index in [1.54, 1.807) is 42.5 Å². The average molecular weight is 879 g/mol. The van der Waals surface area contributed by atoms with Crippen LogP contribution in [0.5, 0.6) is 11.5 Å². The van der Waals surface area contributed by atoms with Crippen LogP contribution in [0.15, 0.2) is 78.9 Å². The standard InChI is InChI=1S/C51H66F4N2O6/c1-3-5-7-9-36-11-21-41(22-12-36)50(52,53)62-44-26-15-38(16-27-44)19-31-48(58)60-34-40(46-30-25-43(56)33-47(46)57)35-61-49(59)32-20-39-17-28-45(29-18-39)63-51(54,55)42-23-13-37(14-24-42)10-8-6-4-2/h15-20,25-33,36-37,40-42H,3-14,21-24,34-35,56-57H2,1-2H3/b31-19+,32-20+. The molecule has 0 amide bonds. The number of carbonyl (C=O) groups is 2. The second kappa shape index (κ2) is 24.2. The topological polar surface area (TPSA) is 123 Å². The molecule has 8 nitrogen and oxygen atoms in total. The minimum atomic E-state index is -3.27. The van der Waals surface area contributed by atoms with Crippen LogP contribution in [-0.4, -0.2) is 37.4 Å². The summed E-state index contributed by atoms with van der Waals surface area (Å²) in [5.41, 5.74) is 14.6. The Kier molecular flexibility index (Phi) is 18.8. The number of benzene rings is 3. The third kappa shape index (κ3) is 15.9. The normalized spacial score (nSPS) is 20.1. The van der Waals surface area contributed by atoms with Gasteiger partial charge in [-0.1, -0.05) is 95.5 Å². The number of carbonyl (C=O) groups excluding carboxylic acids is 2. The second-order valence-corrected chi connectivity index (χ2v) is 17.4. The SMILES string of the molecule is CCCCCC1CCC(C(F)(F)Oc2ccc(/C=C/C(=O)OCC(COC(=O)/C=C/c3ccc(OC(F)(F)C4CCC(CCCCC)CC4)cc3)c3ccc(N)cc3N)cc2)CC1. The summed E-state index contributed by atoms with van der Waals surface area (Å²) in [5.74, 6) is -2.55. The van der Waals surface area contributed by atoms with Crippen molar-refractivity contribution in [1.82, 2.24) is 0 Å². The highest BCUT2D eigenvalue weighted by Crippen LogP contribution is 2.43. The molecule has 4 N–H and O–H groups in total. The number of anilines is 2. The van der Waals surface area contributed by atoms with Gasteiger partial charge in [0.2, 0.25) is 0 Å². The first-order valence-electron chi connectivity index (χ1n) is 22.9. The Balaban J connectivity index is 1.08. The number of hydrogen-bond acceptors (Lipinski definition) is 8. The van der Waals surface area contributed by atoms with Crippen molar-refractivity contribution in [2.45, 2.75) is 135 Å². The molecule has 12 heteroatoms. The highest BCUT2D eigenvalue weighted by molar-refractivity contribution is 5.87. The van der Waals surface area contributed by atoms with Crippen molar-refractivity contribution >= 4 is 35.5 Å². The van der Waals surface area contributed by atoms with E-state index in [0.29, 0.717) is 65.6 Å². The van der Waals surface area contributed by atoms with E-state index in [9.17, 15) is 9.59 Å². The van der Waals surface area contributed by atoms with Crippen molar-refractivity contribution in [2.75, 3.05) is 24.7 Å². The lowest BCUT2D eigenvalue weighted by molar-refractivity contribution is -0.224. The fourth-order valence-electron chi connectivity index (χ4n) is 8.70. The van der Waals surface area contributed by atoms with Crippen LogP contribution in [0, 0.1) is 23.7 Å². The molecule has 2 saturated carbocycles. The van der Waals surface area contributed by atoms with E-state index in [1.165, 1.54) is 61.4 Å². The van der Waals surface area contributed by atoms with Gasteiger partial charge in [0.25, 0.3) is 0 Å². The van der Waals surface area contributed by atoms with Gasteiger partial charge in [-0.15, -0.1) is 0 Å². The monoisotopic (exact) mass is 878 g/mol. The first kappa shape index (κ1) is 49.0. The summed E-state index contributed by atoms with van der Waals surface area (Å²) in [6.45, 7) is 3.94. The molecular weight excluding hydrogens is 813 g/mol. The van der Waals surface area contributed by atoms with Crippen LogP contribution in [-0.2, 0) is 19.1 Å². The maximum atomic E-state index is 15.1. The number of hydrogen-bond donors (Lipinski definition) is 2. The molecule has 0 aromatic heterocycles. The summed E-state index contributed by atoms with van der Waals surface area (Å²) < 4.78 is 81.7. The van der Waals surface area contributed by atoms with Crippen LogP contribution in [0.4, 0.5) is 28.9 Å². The van der Waals surface area contributed by atoms with Crippen LogP contribution < -0.4 is 20.9 Å². The van der Waals surface area contributed by atoms with Crippen LogP contribution in [0.3, 0.4) is 0 Å². The molecule has 0 atom stereocenters. The van der Waals surface area contributed by atoms with Crippen molar-refractivity contribution < 1.29 is 46.1 Å². The molecule has 3 aromatic rings. The fraction of sp³-hybridized carbons (Fsp3) is 0.529. The summed E-state index contributed by atoms with van der Waals surface area (Å²) in [5, 5.41) is 0. The van der Waals surface area contributed by atoms with Gasteiger partial charge in [-0.05, 0) is 128 Å². The Morgan fingerprint density at radius 1 is 0.619 bits per heavy atom. The van der Waals surface area contributed by atoms with Crippen LogP contribution in [0.25, 0.3) is 12.2 Å². The molecule has 0 radical (unpaired) electrons. The predicted molar refractivity (Wildman–Crippen MR) is 241 cm³/mol. The number of nitrogens with two attached hydrogens (primary N) is 2. The van der Waals surface area contributed by atoms with E-state index < -0.39 is 41.9 Å². The zero-order chi connectivity index (χ0) is 45.2. The molecule has 0 bridgehead atoms. The Morgan fingerprint density at radius 2 is 1.03 bits per heavy atom. The Labute approximate surface area is 370 Å². The Morgan fingerprint density at radius 3 is 1.41 bits per heavy atom. The highest BCUT2D eigenvalue weighted by atomic mass is 19.3. The zero-order valence-corrected chi connectivity index (χ0v) is 36.9. The molecule has 344 valence electrons. The molecule has 0 saturated heterocycles. The van der Waals surface area contributed by atoms with Gasteiger partial charge in [0.15, 0.2) is 0 Å². The fourth-order valence-corrected chi connectivity index (χ4v) is 8.70. The largest absolute Gasteiger partial charge is 0.462 e. The number of alkyl halides is 4. The average Bonchev–Trinajstić information content (AvgIpc) is 3.26. The summed E-state index contributed by atoms with van der Waals surface area (Å²) in [6, 6.07) is 17.0. The van der Waals surface area contributed by atoms with Crippen LogP contribution >= 0.6 is 0 Å². The maximum absolute atomic E-state index is 15.1. The summed E-state index contributed by atoms with van der Waals surface area (Å²) >= 11 is 0. The van der Waals surface area contributed by atoms with Crippen LogP contribution in [0.2, 0.25) is 0 Å². The number of halogens is 4. The molecule has 0 aliphatic heterocycles. The number of nitrogen functional groups attached to an aromatic ring is 2. The number of unbranched alkanes of at least 4 members (excludes halogenated alkanes) is 4. The minimum absolute atomic E-state index is 0.0453. The maximum Gasteiger partial charge on any atom is 0.400 e. The smallest absolute Gasteiger partial charge is 0.400 e. The molecule has 0 unspecified atom stereocenters. The minimum Gasteiger partial charge on any atom is -0.462 e. The van der Waals surface area contributed by atoms with E-state index in [2.05, 4.69) is 13.8 Å². The summed E-state index contributed by atoms with van der Waals surface area (Å²) in [6.07, 6.45) is 13.0. The van der Waals surface area contributed by atoms with Gasteiger partial charge in [-0.3, -0.25) is 0 Å². The van der Waals surface area contributed by atoms with Gasteiger partial charge in [-0.2, -0.15) is 17.6 Å². The Bertz CT molecular complexity index is 1810. The highest BCUT2D eigenvalue weighted by Gasteiger charge is 2.45. The number of esters is 2. The van der Waals surface area contributed by atoms with Crippen molar-refractivity contribution in [2.24, 2.45) is 23.7 Å². The molecule has 63 heavy (non-hydrogen) atoms. The summed E-state index contributed by atoms with van der Waals surface area (Å²) in [4.78, 5) is 25.6. The molecular formula is C51H66F4N2O6. The first-order chi connectivity index (χ1) is 30.2. The van der Waals surface area contributed by atoms with Gasteiger partial charge in [-0.25, -0.2) is 9.59 Å². The lowest BCUT2D eigenvalue weighted by atomic mass is 9.79. The van der Waals surface area contributed by atoms with Crippen molar-refractivity contribution in [3.63, 3.8) is 0 Å². The molecule has 2 aliphatic rings. The van der Waals surface area contributed by atoms with E-state index in [4.69, 9.17) is 30.4 Å². The van der Waals surface area contributed by atoms with E-state index in [-0.39, 0.29) is 24.7 Å². The quantitative estimate of drug-likeness (QED) is 0.0317. The van der Waals surface area contributed by atoms with Crippen LogP contribution in [0.1, 0.15) is 139 Å². The van der Waals surface area contributed by atoms with Gasteiger partial charge < -0.3 is 30.4 Å². The van der Waals surface area contributed by atoms with E-state index >= 15 is 17.6 Å². The molecule has 0 spiro atoms. The number of ether oxygens (including phenoxy) is 4. The molecule has 2 aliphatic carbocycles. The third-order valence-electron chi connectivity index (χ3n) is 12.6. The summed E-state index contributed by atoms with van der Waals surface area (Å²) in [7, 11) is 0. The van der Waals surface area contributed by atoms with Crippen molar-refractivity contribution in [3.05, 3.63) is 95.6 Å². The lowest BCUT2D eigenvalue weighted by Crippen LogP contribution is -2.37. The van der Waals surface area contributed by atoms with Gasteiger partial charge in [0.1, 0.15) is 24.7 Å². The number of rotatable bonds is 23. The van der Waals surface area contributed by atoms with Crippen molar-refractivity contribution in [3.8, 4) is 11.5 Å². The van der Waals surface area contributed by atoms with Gasteiger partial charge in [0.05, 0.1) is 17.8 Å². The molecule has 3 aromatic carbocycles. The zero-order valence-electron chi connectivity index (χ0n) is 36.9. The second-order valence-electron chi connectivity index (χ2n) is 17.4. The molecule has 2 fully saturated rings. The lowest BCUT2D eigenvalue weighted by Gasteiger charge is -2.33. The third-order valence-corrected chi connectivity index (χ3v) is 12.6. The predicted octanol–water partition coefficient (Wildman–Crippen LogP) is 13.2. The van der Waals surface area contributed by atoms with E-state index in [1.807, 2.05) is 0 Å². The van der Waals surface area contributed by atoms with Gasteiger partial charge >= 0.3 is 24.2 Å². The Hall–Kier alpha value is -5.00. The first-order valence-corrected chi connectivity index (χ1v) is 22.9. The van der Waals surface area contributed by atoms with E-state index in [0.717, 1.165) is 64.2 Å². The van der Waals surface area contributed by atoms with Gasteiger partial charge in [0, 0.05) is 23.5 Å². The molecule has 0 heterocycles. The molecule has 5 rings (SSSR count). The van der Waals surface area contributed by atoms with Crippen molar-refractivity contribution in [1.29, 1.82) is 0 Å².